The molecule has 0 fully saturated rings. The third-order valence-corrected chi connectivity index (χ3v) is 4.57. The predicted molar refractivity (Wildman–Crippen MR) is 104 cm³/mol. The Bertz CT molecular complexity index is 725. The minimum Gasteiger partial charge on any atom is -0.354 e. The molecule has 0 saturated heterocycles. The summed E-state index contributed by atoms with van der Waals surface area (Å²) in [7, 11) is 0. The first kappa shape index (κ1) is 18.1. The number of nitrogens with zero attached hydrogens (tertiary/aromatic N) is 2. The van der Waals surface area contributed by atoms with E-state index in [4.69, 9.17) is 0 Å². The predicted octanol–water partition coefficient (Wildman–Crippen LogP) is 3.75. The van der Waals surface area contributed by atoms with Crippen molar-refractivity contribution in [3.05, 3.63) is 65.5 Å². The van der Waals surface area contributed by atoms with Gasteiger partial charge in [-0.15, -0.1) is 0 Å². The number of anilines is 1. The van der Waals surface area contributed by atoms with Gasteiger partial charge in [0.15, 0.2) is 0 Å². The molecule has 1 heterocycles. The van der Waals surface area contributed by atoms with Crippen molar-refractivity contribution in [2.45, 2.75) is 38.5 Å². The van der Waals surface area contributed by atoms with E-state index in [0.29, 0.717) is 18.1 Å². The molecule has 2 N–H and O–H groups in total. The highest BCUT2D eigenvalue weighted by Gasteiger charge is 2.07. The van der Waals surface area contributed by atoms with E-state index in [0.717, 1.165) is 19.4 Å². The molecule has 1 aliphatic carbocycles. The van der Waals surface area contributed by atoms with Crippen molar-refractivity contribution in [1.82, 2.24) is 15.3 Å². The number of carbonyl (C=O) groups is 1. The maximum atomic E-state index is 12.1. The van der Waals surface area contributed by atoms with Crippen molar-refractivity contribution in [3.63, 3.8) is 0 Å². The summed E-state index contributed by atoms with van der Waals surface area (Å²) >= 11 is 0. The summed E-state index contributed by atoms with van der Waals surface area (Å²) in [6.45, 7) is 1.42. The molecule has 1 amide bonds. The average Bonchev–Trinajstić information content (AvgIpc) is 2.70. The van der Waals surface area contributed by atoms with Crippen LogP contribution in [0.15, 0.2) is 54.4 Å². The van der Waals surface area contributed by atoms with E-state index in [9.17, 15) is 4.79 Å². The molecule has 0 saturated carbocycles. The zero-order chi connectivity index (χ0) is 18.0. The van der Waals surface area contributed by atoms with Gasteiger partial charge in [-0.25, -0.2) is 9.97 Å². The van der Waals surface area contributed by atoms with E-state index >= 15 is 0 Å². The zero-order valence-corrected chi connectivity index (χ0v) is 15.1. The third-order valence-electron chi connectivity index (χ3n) is 4.57. The maximum Gasteiger partial charge on any atom is 0.254 e. The van der Waals surface area contributed by atoms with Gasteiger partial charge in [0.2, 0.25) is 5.95 Å². The van der Waals surface area contributed by atoms with Gasteiger partial charge in [-0.05, 0) is 44.1 Å². The van der Waals surface area contributed by atoms with Gasteiger partial charge < -0.3 is 10.6 Å². The van der Waals surface area contributed by atoms with Crippen LogP contribution in [0.5, 0.6) is 0 Å². The lowest BCUT2D eigenvalue weighted by Crippen LogP contribution is -2.26. The number of carbonyl (C=O) groups excluding carboxylic acids is 1. The number of benzene rings is 1. The highest BCUT2D eigenvalue weighted by atomic mass is 16.1. The molecule has 2 aromatic rings. The lowest BCUT2D eigenvalue weighted by Gasteiger charge is -2.12. The molecule has 3 rings (SSSR count). The van der Waals surface area contributed by atoms with E-state index in [1.807, 2.05) is 18.2 Å². The Hall–Kier alpha value is -2.69. The fourth-order valence-corrected chi connectivity index (χ4v) is 3.07. The topological polar surface area (TPSA) is 66.9 Å². The molecule has 1 aliphatic rings. The number of rotatable bonds is 8. The van der Waals surface area contributed by atoms with Gasteiger partial charge in [-0.2, -0.15) is 0 Å². The van der Waals surface area contributed by atoms with Crippen molar-refractivity contribution >= 4 is 11.9 Å². The van der Waals surface area contributed by atoms with E-state index in [2.05, 4.69) is 38.8 Å². The van der Waals surface area contributed by atoms with E-state index in [-0.39, 0.29) is 5.91 Å². The van der Waals surface area contributed by atoms with Crippen molar-refractivity contribution < 1.29 is 4.79 Å². The number of hydrogen-bond donors (Lipinski definition) is 2. The summed E-state index contributed by atoms with van der Waals surface area (Å²) in [6, 6.07) is 10.1. The molecule has 1 aromatic carbocycles. The summed E-state index contributed by atoms with van der Waals surface area (Å²) in [5, 5.41) is 6.13. The Morgan fingerprint density at radius 3 is 2.54 bits per heavy atom. The SMILES string of the molecule is O=C(NCCc1ccccc1)c1cnc(NCCC2=CCCCC2)nc1. The van der Waals surface area contributed by atoms with Crippen LogP contribution in [0.2, 0.25) is 0 Å². The Morgan fingerprint density at radius 1 is 1.00 bits per heavy atom. The van der Waals surface area contributed by atoms with Crippen LogP contribution in [0, 0.1) is 0 Å². The monoisotopic (exact) mass is 350 g/mol. The fraction of sp³-hybridized carbons (Fsp3) is 0.381. The molecule has 136 valence electrons. The summed E-state index contributed by atoms with van der Waals surface area (Å²) in [4.78, 5) is 20.6. The molecule has 5 nitrogen and oxygen atoms in total. The second-order valence-corrected chi connectivity index (χ2v) is 6.57. The smallest absolute Gasteiger partial charge is 0.254 e. The number of allylic oxidation sites excluding steroid dienone is 1. The largest absolute Gasteiger partial charge is 0.354 e. The summed E-state index contributed by atoms with van der Waals surface area (Å²) in [6.07, 6.45) is 12.4. The molecule has 26 heavy (non-hydrogen) atoms. The second kappa shape index (κ2) is 9.70. The van der Waals surface area contributed by atoms with Gasteiger partial charge in [-0.3, -0.25) is 4.79 Å². The van der Waals surface area contributed by atoms with Crippen molar-refractivity contribution in [2.75, 3.05) is 18.4 Å². The maximum absolute atomic E-state index is 12.1. The summed E-state index contributed by atoms with van der Waals surface area (Å²) < 4.78 is 0. The average molecular weight is 350 g/mol. The van der Waals surface area contributed by atoms with Crippen LogP contribution in [-0.2, 0) is 6.42 Å². The second-order valence-electron chi connectivity index (χ2n) is 6.57. The molecule has 0 spiro atoms. The molecule has 0 unspecified atom stereocenters. The minimum atomic E-state index is -0.139. The quantitative estimate of drug-likeness (QED) is 0.712. The molecular weight excluding hydrogens is 324 g/mol. The minimum absolute atomic E-state index is 0.139. The van der Waals surface area contributed by atoms with Gasteiger partial charge in [0.25, 0.3) is 5.91 Å². The first-order chi connectivity index (χ1) is 12.8. The number of nitrogens with one attached hydrogen (secondary N) is 2. The van der Waals surface area contributed by atoms with E-state index in [1.165, 1.54) is 36.8 Å². The van der Waals surface area contributed by atoms with Crippen molar-refractivity contribution in [3.8, 4) is 0 Å². The summed E-state index contributed by atoms with van der Waals surface area (Å²) in [5.74, 6) is 0.432. The first-order valence-electron chi connectivity index (χ1n) is 9.37. The van der Waals surface area contributed by atoms with Crippen LogP contribution in [0.4, 0.5) is 5.95 Å². The zero-order valence-electron chi connectivity index (χ0n) is 15.1. The van der Waals surface area contributed by atoms with E-state index < -0.39 is 0 Å². The number of amides is 1. The lowest BCUT2D eigenvalue weighted by molar-refractivity contribution is 0.0953. The molecule has 0 aliphatic heterocycles. The van der Waals surface area contributed by atoms with E-state index in [1.54, 1.807) is 12.4 Å². The molecule has 1 aromatic heterocycles. The van der Waals surface area contributed by atoms with Gasteiger partial charge in [0.05, 0.1) is 5.56 Å². The van der Waals surface area contributed by atoms with Crippen LogP contribution >= 0.6 is 0 Å². The molecule has 0 bridgehead atoms. The number of hydrogen-bond acceptors (Lipinski definition) is 4. The Morgan fingerprint density at radius 2 is 1.81 bits per heavy atom. The Kier molecular flexibility index (Phi) is 6.76. The van der Waals surface area contributed by atoms with Crippen molar-refractivity contribution in [2.24, 2.45) is 0 Å². The normalized spacial score (nSPS) is 13.8. The van der Waals surface area contributed by atoms with Crippen LogP contribution in [0.1, 0.15) is 48.0 Å². The number of aromatic nitrogens is 2. The van der Waals surface area contributed by atoms with Crippen LogP contribution in [0.25, 0.3) is 0 Å². The molecule has 0 radical (unpaired) electrons. The van der Waals surface area contributed by atoms with Gasteiger partial charge >= 0.3 is 0 Å². The third kappa shape index (κ3) is 5.69. The highest BCUT2D eigenvalue weighted by Crippen LogP contribution is 2.19. The van der Waals surface area contributed by atoms with Gasteiger partial charge in [0, 0.05) is 25.5 Å². The standard InChI is InChI=1S/C21H26N4O/c26-20(22-13-11-17-7-3-1-4-8-17)19-15-24-21(25-16-19)23-14-12-18-9-5-2-6-10-18/h1,3-4,7-9,15-16H,2,5-6,10-14H2,(H,22,26)(H,23,24,25). The van der Waals surface area contributed by atoms with Gasteiger partial charge in [-0.1, -0.05) is 42.0 Å². The van der Waals surface area contributed by atoms with Gasteiger partial charge in [0.1, 0.15) is 0 Å². The fourth-order valence-electron chi connectivity index (χ4n) is 3.07. The molecular formula is C21H26N4O. The molecule has 0 atom stereocenters. The van der Waals surface area contributed by atoms with Crippen LogP contribution in [-0.4, -0.2) is 29.0 Å². The summed E-state index contributed by atoms with van der Waals surface area (Å²) in [5.41, 5.74) is 3.22. The molecule has 5 heteroatoms. The lowest BCUT2D eigenvalue weighted by atomic mass is 9.97. The van der Waals surface area contributed by atoms with Crippen LogP contribution < -0.4 is 10.6 Å². The van der Waals surface area contributed by atoms with Crippen LogP contribution in [0.3, 0.4) is 0 Å². The Labute approximate surface area is 155 Å². The first-order valence-corrected chi connectivity index (χ1v) is 9.37. The Balaban J connectivity index is 1.40. The van der Waals surface area contributed by atoms with Crippen molar-refractivity contribution in [1.29, 1.82) is 0 Å². The highest BCUT2D eigenvalue weighted by molar-refractivity contribution is 5.93.